The molecule has 0 aliphatic carbocycles. The minimum Gasteiger partial charge on any atom is -0.856 e. The van der Waals surface area contributed by atoms with Crippen LogP contribution in [-0.2, 0) is 6.54 Å². The van der Waals surface area contributed by atoms with Crippen molar-refractivity contribution in [2.45, 2.75) is 6.54 Å². The summed E-state index contributed by atoms with van der Waals surface area (Å²) in [6, 6.07) is 9.22. The Labute approximate surface area is 117 Å². The van der Waals surface area contributed by atoms with Gasteiger partial charge in [-0.1, -0.05) is 12.1 Å². The molecule has 2 aromatic rings. The molecule has 19 heavy (non-hydrogen) atoms. The highest BCUT2D eigenvalue weighted by Crippen LogP contribution is 1.90. The van der Waals surface area contributed by atoms with Crippen LogP contribution in [0.2, 0.25) is 0 Å². The summed E-state index contributed by atoms with van der Waals surface area (Å²) < 4.78 is 1.74. The van der Waals surface area contributed by atoms with E-state index < -0.39 is 0 Å². The zero-order valence-electron chi connectivity index (χ0n) is 10.1. The number of hydrogen-bond donors (Lipinski definition) is 0. The van der Waals surface area contributed by atoms with Crippen molar-refractivity contribution in [1.82, 2.24) is 4.98 Å². The van der Waals surface area contributed by atoms with Gasteiger partial charge in [0.05, 0.1) is 12.1 Å². The van der Waals surface area contributed by atoms with E-state index in [2.05, 4.69) is 15.2 Å². The van der Waals surface area contributed by atoms with Crippen LogP contribution < -0.4 is 9.67 Å². The summed E-state index contributed by atoms with van der Waals surface area (Å²) in [4.78, 5) is 3.93. The molecule has 0 saturated carbocycles. The van der Waals surface area contributed by atoms with Crippen molar-refractivity contribution < 1.29 is 9.67 Å². The first-order chi connectivity index (χ1) is 8.84. The van der Waals surface area contributed by atoms with Gasteiger partial charge in [0.2, 0.25) is 0 Å². The van der Waals surface area contributed by atoms with Crippen LogP contribution in [0.25, 0.3) is 0 Å². The Morgan fingerprint density at radius 2 is 2.05 bits per heavy atom. The van der Waals surface area contributed by atoms with Gasteiger partial charge in [-0.25, -0.2) is 4.57 Å². The Hall–Kier alpha value is -2.27. The number of halogens is 1. The predicted molar refractivity (Wildman–Crippen MR) is 73.2 cm³/mol. The molecule has 0 atom stereocenters. The smallest absolute Gasteiger partial charge is 0.178 e. The second-order valence-corrected chi connectivity index (χ2v) is 3.57. The summed E-state index contributed by atoms with van der Waals surface area (Å²) >= 11 is 0. The van der Waals surface area contributed by atoms with Crippen LogP contribution in [0.3, 0.4) is 0 Å². The van der Waals surface area contributed by atoms with E-state index in [1.54, 1.807) is 35.4 Å². The molecule has 98 valence electrons. The van der Waals surface area contributed by atoms with Gasteiger partial charge in [-0.05, 0) is 6.07 Å². The fourth-order valence-electron chi connectivity index (χ4n) is 1.34. The van der Waals surface area contributed by atoms with E-state index in [0.29, 0.717) is 0 Å². The summed E-state index contributed by atoms with van der Waals surface area (Å²) in [5, 5.41) is 18.8. The molecule has 0 unspecified atom stereocenters. The van der Waals surface area contributed by atoms with E-state index in [9.17, 15) is 5.11 Å². The monoisotopic (exact) mass is 276 g/mol. The van der Waals surface area contributed by atoms with Gasteiger partial charge in [0.1, 0.15) is 0 Å². The van der Waals surface area contributed by atoms with Crippen LogP contribution in [0.4, 0.5) is 0 Å². The first-order valence-electron chi connectivity index (χ1n) is 5.45. The number of pyridine rings is 2. The standard InChI is InChI=1S/C13H12N4O.ClH/c18-13(11-17-7-2-1-3-8-17)16-15-10-12-5-4-6-14-9-12;/h1-10H,11H2;1H/b15-10+;. The highest BCUT2D eigenvalue weighted by Gasteiger charge is 1.95. The van der Waals surface area contributed by atoms with Crippen LogP contribution >= 0.6 is 12.4 Å². The third kappa shape index (κ3) is 5.27. The fraction of sp³-hybridized carbons (Fsp3) is 0.0769. The molecule has 0 saturated heterocycles. The quantitative estimate of drug-likeness (QED) is 0.355. The van der Waals surface area contributed by atoms with Gasteiger partial charge in [-0.2, -0.15) is 10.2 Å². The van der Waals surface area contributed by atoms with E-state index in [4.69, 9.17) is 0 Å². The highest BCUT2D eigenvalue weighted by molar-refractivity contribution is 5.85. The van der Waals surface area contributed by atoms with E-state index in [0.717, 1.165) is 5.56 Å². The zero-order chi connectivity index (χ0) is 12.6. The maximum absolute atomic E-state index is 11.5. The lowest BCUT2D eigenvalue weighted by molar-refractivity contribution is -0.687. The van der Waals surface area contributed by atoms with Gasteiger partial charge in [-0.15, -0.1) is 12.4 Å². The molecule has 0 aromatic carbocycles. The van der Waals surface area contributed by atoms with Gasteiger partial charge in [0.25, 0.3) is 0 Å². The molecule has 5 nitrogen and oxygen atoms in total. The zero-order valence-corrected chi connectivity index (χ0v) is 10.9. The molecule has 0 fully saturated rings. The highest BCUT2D eigenvalue weighted by atomic mass is 35.5. The lowest BCUT2D eigenvalue weighted by Gasteiger charge is -2.03. The Kier molecular flexibility index (Phi) is 6.18. The largest absolute Gasteiger partial charge is 0.856 e. The van der Waals surface area contributed by atoms with Gasteiger partial charge >= 0.3 is 0 Å². The number of rotatable bonds is 4. The molecule has 0 amide bonds. The fourth-order valence-corrected chi connectivity index (χ4v) is 1.34. The van der Waals surface area contributed by atoms with Crippen LogP contribution in [0, 0.1) is 0 Å². The first-order valence-corrected chi connectivity index (χ1v) is 5.45. The molecule has 2 rings (SSSR count). The van der Waals surface area contributed by atoms with Crippen LogP contribution in [0.1, 0.15) is 5.56 Å². The maximum Gasteiger partial charge on any atom is 0.178 e. The summed E-state index contributed by atoms with van der Waals surface area (Å²) in [6.07, 6.45) is 8.43. The maximum atomic E-state index is 11.5. The minimum atomic E-state index is -0.300. The van der Waals surface area contributed by atoms with E-state index in [-0.39, 0.29) is 24.8 Å². The predicted octanol–water partition coefficient (Wildman–Crippen LogP) is 0.584. The summed E-state index contributed by atoms with van der Waals surface area (Å²) in [5.41, 5.74) is 0.807. The van der Waals surface area contributed by atoms with Crippen molar-refractivity contribution in [2.24, 2.45) is 10.2 Å². The third-order valence-electron chi connectivity index (χ3n) is 2.16. The van der Waals surface area contributed by atoms with Crippen molar-refractivity contribution in [1.29, 1.82) is 0 Å². The molecule has 6 heteroatoms. The van der Waals surface area contributed by atoms with Gasteiger partial charge < -0.3 is 5.11 Å². The van der Waals surface area contributed by atoms with Crippen LogP contribution in [0.15, 0.2) is 65.3 Å². The Morgan fingerprint density at radius 3 is 2.74 bits per heavy atom. The van der Waals surface area contributed by atoms with Gasteiger partial charge in [0.15, 0.2) is 18.9 Å². The van der Waals surface area contributed by atoms with Crippen LogP contribution in [-0.4, -0.2) is 17.1 Å². The number of hydrogen-bond acceptors (Lipinski definition) is 4. The lowest BCUT2D eigenvalue weighted by Crippen LogP contribution is -2.41. The third-order valence-corrected chi connectivity index (χ3v) is 2.16. The Morgan fingerprint density at radius 1 is 1.26 bits per heavy atom. The molecule has 0 aliphatic rings. The molecular weight excluding hydrogens is 264 g/mol. The minimum absolute atomic E-state index is 0. The summed E-state index contributed by atoms with van der Waals surface area (Å²) in [7, 11) is 0. The lowest BCUT2D eigenvalue weighted by atomic mass is 10.3. The molecule has 2 heterocycles. The van der Waals surface area contributed by atoms with E-state index in [1.165, 1.54) is 6.21 Å². The SMILES string of the molecule is Cl.[O-]C(C[n+]1ccccc1)=N/N=C/c1cccnc1. The average Bonchev–Trinajstić information content (AvgIpc) is 2.41. The molecule has 0 spiro atoms. The van der Waals surface area contributed by atoms with E-state index >= 15 is 0 Å². The Bertz CT molecular complexity index is 543. The second-order valence-electron chi connectivity index (χ2n) is 3.57. The van der Waals surface area contributed by atoms with Crippen molar-refractivity contribution in [3.05, 3.63) is 60.7 Å². The summed E-state index contributed by atoms with van der Waals surface area (Å²) in [5.74, 6) is -0.300. The van der Waals surface area contributed by atoms with Crippen molar-refractivity contribution in [3.8, 4) is 0 Å². The molecule has 0 bridgehead atoms. The van der Waals surface area contributed by atoms with Crippen LogP contribution in [0.5, 0.6) is 0 Å². The number of aromatic nitrogens is 2. The molecule has 0 radical (unpaired) electrons. The topological polar surface area (TPSA) is 64.5 Å². The molecular formula is C13H13ClN4O. The summed E-state index contributed by atoms with van der Waals surface area (Å²) in [6.45, 7) is 0.186. The van der Waals surface area contributed by atoms with Crippen molar-refractivity contribution >= 4 is 24.5 Å². The second kappa shape index (κ2) is 7.94. The van der Waals surface area contributed by atoms with Gasteiger partial charge in [-0.3, -0.25) is 4.98 Å². The van der Waals surface area contributed by atoms with Gasteiger partial charge in [0, 0.05) is 30.1 Å². The number of nitrogens with zero attached hydrogens (tertiary/aromatic N) is 4. The normalized spacial score (nSPS) is 11.3. The first kappa shape index (κ1) is 14.8. The molecule has 0 N–H and O–H groups in total. The Balaban J connectivity index is 0.00000180. The van der Waals surface area contributed by atoms with Crippen molar-refractivity contribution in [2.75, 3.05) is 0 Å². The molecule has 2 aromatic heterocycles. The van der Waals surface area contributed by atoms with Crippen molar-refractivity contribution in [3.63, 3.8) is 0 Å². The average molecular weight is 277 g/mol. The van der Waals surface area contributed by atoms with E-state index in [1.807, 2.05) is 24.3 Å². The molecule has 0 aliphatic heterocycles.